The zero-order valence-electron chi connectivity index (χ0n) is 12.0. The van der Waals surface area contributed by atoms with Gasteiger partial charge in [0, 0.05) is 11.8 Å². The van der Waals surface area contributed by atoms with Gasteiger partial charge < -0.3 is 19.4 Å². The van der Waals surface area contributed by atoms with Crippen molar-refractivity contribution in [3.63, 3.8) is 0 Å². The van der Waals surface area contributed by atoms with Crippen molar-refractivity contribution >= 4 is 12.6 Å². The predicted octanol–water partition coefficient (Wildman–Crippen LogP) is 0.727. The number of hydrogen-bond donors (Lipinski definition) is 2. The van der Waals surface area contributed by atoms with Crippen LogP contribution in [0.4, 0.5) is 0 Å². The molecule has 1 aromatic rings. The summed E-state index contributed by atoms with van der Waals surface area (Å²) in [5.74, 6) is 0. The Hall–Kier alpha value is -1.11. The molecule has 1 aliphatic rings. The highest BCUT2D eigenvalue weighted by atomic mass is 16.7. The van der Waals surface area contributed by atoms with Crippen LogP contribution in [0.1, 0.15) is 46.3 Å². The number of aromatic nitrogens is 1. The van der Waals surface area contributed by atoms with Crippen molar-refractivity contribution < 1.29 is 14.4 Å². The Morgan fingerprint density at radius 2 is 1.79 bits per heavy atom. The van der Waals surface area contributed by atoms with Gasteiger partial charge in [-0.2, -0.15) is 0 Å². The van der Waals surface area contributed by atoms with Crippen LogP contribution in [0.2, 0.25) is 0 Å². The summed E-state index contributed by atoms with van der Waals surface area (Å²) >= 11 is 0. The van der Waals surface area contributed by atoms with Gasteiger partial charge in [0.1, 0.15) is 0 Å². The number of H-pyrrole nitrogens is 1. The molecule has 0 aliphatic carbocycles. The Bertz CT molecular complexity index is 520. The lowest BCUT2D eigenvalue weighted by Gasteiger charge is -2.32. The van der Waals surface area contributed by atoms with Crippen molar-refractivity contribution in [2.24, 2.45) is 0 Å². The fraction of sp³-hybridized carbons (Fsp3) is 0.615. The maximum absolute atomic E-state index is 11.8. The number of nitrogens with one attached hydrogen (secondary N) is 1. The molecule has 19 heavy (non-hydrogen) atoms. The van der Waals surface area contributed by atoms with Crippen LogP contribution in [-0.4, -0.2) is 28.4 Å². The highest BCUT2D eigenvalue weighted by Gasteiger charge is 2.52. The lowest BCUT2D eigenvalue weighted by Crippen LogP contribution is -2.41. The summed E-state index contributed by atoms with van der Waals surface area (Å²) in [6.07, 6.45) is 0.660. The fourth-order valence-corrected chi connectivity index (χ4v) is 2.11. The first-order chi connectivity index (χ1) is 8.66. The van der Waals surface area contributed by atoms with E-state index in [1.807, 2.05) is 27.7 Å². The number of aliphatic hydroxyl groups excluding tert-OH is 1. The molecule has 2 N–H and O–H groups in total. The van der Waals surface area contributed by atoms with E-state index >= 15 is 0 Å². The van der Waals surface area contributed by atoms with Crippen molar-refractivity contribution in [2.45, 2.75) is 51.9 Å². The Morgan fingerprint density at radius 1 is 1.26 bits per heavy atom. The fourth-order valence-electron chi connectivity index (χ4n) is 2.11. The van der Waals surface area contributed by atoms with E-state index in [1.54, 1.807) is 13.0 Å². The summed E-state index contributed by atoms with van der Waals surface area (Å²) in [5, 5.41) is 9.77. The first-order valence-corrected chi connectivity index (χ1v) is 6.41. The molecule has 0 amide bonds. The average molecular weight is 265 g/mol. The Morgan fingerprint density at radius 3 is 2.26 bits per heavy atom. The van der Waals surface area contributed by atoms with E-state index in [0.29, 0.717) is 11.0 Å². The van der Waals surface area contributed by atoms with Gasteiger partial charge >= 0.3 is 7.12 Å². The van der Waals surface area contributed by atoms with Gasteiger partial charge in [-0.1, -0.05) is 0 Å². The van der Waals surface area contributed by atoms with E-state index in [1.165, 1.54) is 6.20 Å². The molecule has 1 aliphatic heterocycles. The van der Waals surface area contributed by atoms with E-state index in [4.69, 9.17) is 9.31 Å². The number of rotatable bonds is 2. The number of aliphatic hydroxyl groups is 1. The quantitative estimate of drug-likeness (QED) is 0.773. The Labute approximate surface area is 113 Å². The van der Waals surface area contributed by atoms with E-state index in [0.717, 1.165) is 0 Å². The first kappa shape index (κ1) is 14.3. The second-order valence-electron chi connectivity index (χ2n) is 5.94. The molecule has 0 saturated carbocycles. The number of pyridine rings is 1. The first-order valence-electron chi connectivity index (χ1n) is 6.41. The molecule has 2 heterocycles. The molecule has 1 aromatic heterocycles. The van der Waals surface area contributed by atoms with Crippen LogP contribution in [0, 0.1) is 0 Å². The smallest absolute Gasteiger partial charge is 0.399 e. The highest BCUT2D eigenvalue weighted by molar-refractivity contribution is 6.62. The summed E-state index contributed by atoms with van der Waals surface area (Å²) in [6.45, 7) is 9.34. The van der Waals surface area contributed by atoms with Crippen molar-refractivity contribution in [3.05, 3.63) is 28.2 Å². The van der Waals surface area contributed by atoms with Crippen LogP contribution in [0.15, 0.2) is 17.1 Å². The molecule has 0 bridgehead atoms. The molecule has 1 saturated heterocycles. The topological polar surface area (TPSA) is 71.5 Å². The normalized spacial score (nSPS) is 22.5. The largest absolute Gasteiger partial charge is 0.495 e. The van der Waals surface area contributed by atoms with Crippen LogP contribution >= 0.6 is 0 Å². The van der Waals surface area contributed by atoms with Gasteiger partial charge in [0.25, 0.3) is 5.56 Å². The van der Waals surface area contributed by atoms with Crippen LogP contribution in [-0.2, 0) is 9.31 Å². The molecule has 0 aromatic carbocycles. The molecule has 2 rings (SSSR count). The van der Waals surface area contributed by atoms with Crippen LogP contribution in [0.5, 0.6) is 0 Å². The van der Waals surface area contributed by atoms with Gasteiger partial charge in [-0.25, -0.2) is 0 Å². The van der Waals surface area contributed by atoms with Gasteiger partial charge in [-0.3, -0.25) is 4.79 Å². The third-order valence-electron chi connectivity index (χ3n) is 3.96. The maximum Gasteiger partial charge on any atom is 0.495 e. The van der Waals surface area contributed by atoms with Gasteiger partial charge in [0.05, 0.1) is 17.3 Å². The van der Waals surface area contributed by atoms with Crippen LogP contribution < -0.4 is 11.0 Å². The zero-order valence-corrected chi connectivity index (χ0v) is 12.0. The zero-order chi connectivity index (χ0) is 14.4. The Kier molecular flexibility index (Phi) is 3.37. The molecule has 0 radical (unpaired) electrons. The predicted molar refractivity (Wildman–Crippen MR) is 73.4 cm³/mol. The minimum absolute atomic E-state index is 0.293. The third-order valence-corrected chi connectivity index (χ3v) is 3.96. The number of aromatic amines is 1. The monoisotopic (exact) mass is 265 g/mol. The molecule has 5 nitrogen and oxygen atoms in total. The lowest BCUT2D eigenvalue weighted by atomic mass is 9.75. The van der Waals surface area contributed by atoms with Gasteiger partial charge in [-0.15, -0.1) is 0 Å². The molecule has 6 heteroatoms. The summed E-state index contributed by atoms with van der Waals surface area (Å²) in [5.41, 5.74) is -0.396. The Balaban J connectivity index is 2.46. The third kappa shape index (κ3) is 2.36. The molecule has 1 unspecified atom stereocenters. The van der Waals surface area contributed by atoms with Crippen molar-refractivity contribution in [1.29, 1.82) is 0 Å². The lowest BCUT2D eigenvalue weighted by molar-refractivity contribution is 0.00578. The highest BCUT2D eigenvalue weighted by Crippen LogP contribution is 2.36. The van der Waals surface area contributed by atoms with Crippen LogP contribution in [0.25, 0.3) is 0 Å². The van der Waals surface area contributed by atoms with Gasteiger partial charge in [0.15, 0.2) is 0 Å². The molecule has 1 fully saturated rings. The van der Waals surface area contributed by atoms with E-state index in [-0.39, 0.29) is 5.56 Å². The minimum Gasteiger partial charge on any atom is -0.399 e. The minimum atomic E-state index is -0.876. The van der Waals surface area contributed by atoms with Gasteiger partial charge in [-0.05, 0) is 46.1 Å². The van der Waals surface area contributed by atoms with E-state index in [9.17, 15) is 9.90 Å². The van der Waals surface area contributed by atoms with Crippen molar-refractivity contribution in [1.82, 2.24) is 4.98 Å². The standard InChI is InChI=1S/C13H20BNO4/c1-8(16)10-9(6-7-15-11(10)17)14-18-12(2,3)13(4,5)19-14/h6-8,16H,1-5H3,(H,15,17). The molecular weight excluding hydrogens is 245 g/mol. The summed E-state index contributed by atoms with van der Waals surface area (Å²) < 4.78 is 11.8. The summed E-state index contributed by atoms with van der Waals surface area (Å²) in [6, 6.07) is 1.71. The maximum atomic E-state index is 11.8. The van der Waals surface area contributed by atoms with Gasteiger partial charge in [0.2, 0.25) is 0 Å². The number of hydrogen-bond acceptors (Lipinski definition) is 4. The molecule has 104 valence electrons. The van der Waals surface area contributed by atoms with Crippen molar-refractivity contribution in [3.8, 4) is 0 Å². The molecule has 1 atom stereocenters. The van der Waals surface area contributed by atoms with Crippen LogP contribution in [0.3, 0.4) is 0 Å². The average Bonchev–Trinajstić information content (AvgIpc) is 2.47. The molecule has 0 spiro atoms. The second kappa shape index (κ2) is 4.47. The molecular formula is C13H20BNO4. The summed E-state index contributed by atoms with van der Waals surface area (Å²) in [7, 11) is -0.642. The SMILES string of the molecule is CC(O)c1c(B2OC(C)(C)C(C)(C)O2)cc[nH]c1=O. The summed E-state index contributed by atoms with van der Waals surface area (Å²) in [4.78, 5) is 14.4. The second-order valence-corrected chi connectivity index (χ2v) is 5.94. The van der Waals surface area contributed by atoms with E-state index < -0.39 is 24.4 Å². The van der Waals surface area contributed by atoms with E-state index in [2.05, 4.69) is 4.98 Å². The van der Waals surface area contributed by atoms with Crippen molar-refractivity contribution in [2.75, 3.05) is 0 Å².